The molecule has 0 aliphatic carbocycles. The van der Waals surface area contributed by atoms with Crippen molar-refractivity contribution >= 4 is 5.69 Å². The number of piperazine rings is 1. The smallest absolute Gasteiger partial charge is 0.416 e. The number of ether oxygens (including phenoxy) is 1. The van der Waals surface area contributed by atoms with Gasteiger partial charge in [-0.25, -0.2) is 0 Å². The van der Waals surface area contributed by atoms with Gasteiger partial charge < -0.3 is 9.64 Å². The van der Waals surface area contributed by atoms with Gasteiger partial charge in [0.25, 0.3) is 0 Å². The molecule has 0 atom stereocenters. The van der Waals surface area contributed by atoms with E-state index in [2.05, 4.69) is 17.0 Å². The molecule has 0 unspecified atom stereocenters. The van der Waals surface area contributed by atoms with Crippen LogP contribution in [0.1, 0.15) is 16.7 Å². The average Bonchev–Trinajstić information content (AvgIpc) is 2.79. The Labute approximate surface area is 180 Å². The van der Waals surface area contributed by atoms with Gasteiger partial charge in [-0.05, 0) is 41.5 Å². The number of rotatable bonds is 6. The van der Waals surface area contributed by atoms with Crippen molar-refractivity contribution in [3.05, 3.63) is 95.6 Å². The predicted molar refractivity (Wildman–Crippen MR) is 116 cm³/mol. The number of hydrogen-bond acceptors (Lipinski definition) is 3. The van der Waals surface area contributed by atoms with Gasteiger partial charge in [0.1, 0.15) is 12.4 Å². The maximum absolute atomic E-state index is 13.0. The monoisotopic (exact) mass is 426 g/mol. The highest BCUT2D eigenvalue weighted by molar-refractivity contribution is 5.49. The Hall–Kier alpha value is -2.99. The van der Waals surface area contributed by atoms with Crippen LogP contribution in [0, 0.1) is 0 Å². The molecule has 4 rings (SSSR count). The summed E-state index contributed by atoms with van der Waals surface area (Å²) < 4.78 is 44.9. The molecule has 3 aromatic carbocycles. The lowest BCUT2D eigenvalue weighted by molar-refractivity contribution is -0.137. The molecule has 0 radical (unpaired) electrons. The lowest BCUT2D eigenvalue weighted by Crippen LogP contribution is -2.46. The van der Waals surface area contributed by atoms with Crippen molar-refractivity contribution in [3.63, 3.8) is 0 Å². The Bertz CT molecular complexity index is 983. The molecule has 3 nitrogen and oxygen atoms in total. The molecule has 6 heteroatoms. The van der Waals surface area contributed by atoms with Crippen molar-refractivity contribution in [1.29, 1.82) is 0 Å². The first-order valence-electron chi connectivity index (χ1n) is 10.4. The molecule has 162 valence electrons. The second-order valence-electron chi connectivity index (χ2n) is 7.73. The van der Waals surface area contributed by atoms with Crippen molar-refractivity contribution in [2.45, 2.75) is 19.3 Å². The summed E-state index contributed by atoms with van der Waals surface area (Å²) in [4.78, 5) is 4.34. The molecule has 0 spiro atoms. The first-order chi connectivity index (χ1) is 15.0. The fourth-order valence-corrected chi connectivity index (χ4v) is 3.78. The minimum absolute atomic E-state index is 0.528. The highest BCUT2D eigenvalue weighted by Crippen LogP contribution is 2.32. The second kappa shape index (κ2) is 9.43. The van der Waals surface area contributed by atoms with Gasteiger partial charge in [0, 0.05) is 38.4 Å². The summed E-state index contributed by atoms with van der Waals surface area (Å²) >= 11 is 0. The van der Waals surface area contributed by atoms with Crippen LogP contribution in [0.5, 0.6) is 5.75 Å². The quantitative estimate of drug-likeness (QED) is 0.510. The first-order valence-corrected chi connectivity index (χ1v) is 10.4. The van der Waals surface area contributed by atoms with Gasteiger partial charge in [-0.15, -0.1) is 0 Å². The fraction of sp³-hybridized carbons (Fsp3) is 0.280. The van der Waals surface area contributed by atoms with Crippen LogP contribution in [0.4, 0.5) is 18.9 Å². The summed E-state index contributed by atoms with van der Waals surface area (Å²) in [7, 11) is 0. The summed E-state index contributed by atoms with van der Waals surface area (Å²) in [6, 6.07) is 23.7. The molecule has 0 N–H and O–H groups in total. The molecule has 0 saturated carbocycles. The summed E-state index contributed by atoms with van der Waals surface area (Å²) in [5, 5.41) is 0. The Kier molecular flexibility index (Phi) is 6.47. The van der Waals surface area contributed by atoms with Crippen molar-refractivity contribution in [2.24, 2.45) is 0 Å². The Morgan fingerprint density at radius 2 is 1.45 bits per heavy atom. The Morgan fingerprint density at radius 3 is 2.19 bits per heavy atom. The van der Waals surface area contributed by atoms with Gasteiger partial charge in [-0.2, -0.15) is 13.2 Å². The topological polar surface area (TPSA) is 15.7 Å². The number of halogens is 3. The van der Waals surface area contributed by atoms with E-state index < -0.39 is 11.7 Å². The summed E-state index contributed by atoms with van der Waals surface area (Å²) in [6.45, 7) is 4.31. The van der Waals surface area contributed by atoms with Gasteiger partial charge >= 0.3 is 6.18 Å². The molecule has 0 amide bonds. The molecular formula is C25H25F3N2O. The molecule has 0 aromatic heterocycles. The molecule has 1 heterocycles. The maximum atomic E-state index is 13.0. The highest BCUT2D eigenvalue weighted by atomic mass is 19.4. The summed E-state index contributed by atoms with van der Waals surface area (Å²) in [5.74, 6) is 0.837. The SMILES string of the molecule is FC(F)(F)c1cccc(N2CCN(Cc3cccc(OCc4ccccc4)c3)CC2)c1. The fourth-order valence-electron chi connectivity index (χ4n) is 3.78. The Morgan fingerprint density at radius 1 is 0.742 bits per heavy atom. The van der Waals surface area contributed by atoms with Crippen LogP contribution in [-0.4, -0.2) is 31.1 Å². The van der Waals surface area contributed by atoms with E-state index >= 15 is 0 Å². The number of alkyl halides is 3. The zero-order valence-electron chi connectivity index (χ0n) is 17.2. The molecule has 1 fully saturated rings. The molecule has 1 aliphatic heterocycles. The molecule has 31 heavy (non-hydrogen) atoms. The molecule has 3 aromatic rings. The van der Waals surface area contributed by atoms with Gasteiger partial charge in [0.05, 0.1) is 5.56 Å². The van der Waals surface area contributed by atoms with E-state index in [4.69, 9.17) is 4.74 Å². The zero-order valence-corrected chi connectivity index (χ0v) is 17.2. The number of anilines is 1. The van der Waals surface area contributed by atoms with Crippen LogP contribution < -0.4 is 9.64 Å². The second-order valence-corrected chi connectivity index (χ2v) is 7.73. The third-order valence-corrected chi connectivity index (χ3v) is 5.46. The largest absolute Gasteiger partial charge is 0.489 e. The van der Waals surface area contributed by atoms with E-state index in [1.165, 1.54) is 12.1 Å². The van der Waals surface area contributed by atoms with E-state index in [0.717, 1.165) is 42.6 Å². The zero-order chi connectivity index (χ0) is 21.7. The lowest BCUT2D eigenvalue weighted by Gasteiger charge is -2.36. The third kappa shape index (κ3) is 5.79. The van der Waals surface area contributed by atoms with Gasteiger partial charge in [0.2, 0.25) is 0 Å². The third-order valence-electron chi connectivity index (χ3n) is 5.46. The van der Waals surface area contributed by atoms with Gasteiger partial charge in [0.15, 0.2) is 0 Å². The molecule has 1 aliphatic rings. The maximum Gasteiger partial charge on any atom is 0.416 e. The first kappa shape index (κ1) is 21.2. The minimum Gasteiger partial charge on any atom is -0.489 e. The molecular weight excluding hydrogens is 401 g/mol. The van der Waals surface area contributed by atoms with Crippen LogP contribution in [0.3, 0.4) is 0 Å². The van der Waals surface area contributed by atoms with Crippen molar-refractivity contribution in [3.8, 4) is 5.75 Å². The van der Waals surface area contributed by atoms with E-state index in [0.29, 0.717) is 25.4 Å². The predicted octanol–water partition coefficient (Wildman–Crippen LogP) is 5.61. The van der Waals surface area contributed by atoms with Crippen molar-refractivity contribution < 1.29 is 17.9 Å². The van der Waals surface area contributed by atoms with E-state index in [1.54, 1.807) is 6.07 Å². The number of benzene rings is 3. The highest BCUT2D eigenvalue weighted by Gasteiger charge is 2.31. The van der Waals surface area contributed by atoms with E-state index in [-0.39, 0.29) is 0 Å². The van der Waals surface area contributed by atoms with E-state index in [1.807, 2.05) is 47.4 Å². The van der Waals surface area contributed by atoms with Crippen LogP contribution in [-0.2, 0) is 19.3 Å². The van der Waals surface area contributed by atoms with E-state index in [9.17, 15) is 13.2 Å². The van der Waals surface area contributed by atoms with Crippen molar-refractivity contribution in [1.82, 2.24) is 4.90 Å². The molecule has 1 saturated heterocycles. The summed E-state index contributed by atoms with van der Waals surface area (Å²) in [5.41, 5.74) is 2.32. The van der Waals surface area contributed by atoms with Gasteiger partial charge in [-0.3, -0.25) is 4.90 Å². The number of nitrogens with zero attached hydrogens (tertiary/aromatic N) is 2. The molecule has 0 bridgehead atoms. The average molecular weight is 426 g/mol. The minimum atomic E-state index is -4.31. The standard InChI is InChI=1S/C25H25F3N2O/c26-25(27,28)22-9-5-10-23(17-22)30-14-12-29(13-15-30)18-21-8-4-11-24(16-21)31-19-20-6-2-1-3-7-20/h1-11,16-17H,12-15,18-19H2. The van der Waals surface area contributed by atoms with Crippen LogP contribution >= 0.6 is 0 Å². The van der Waals surface area contributed by atoms with Crippen LogP contribution in [0.2, 0.25) is 0 Å². The Balaban J connectivity index is 1.31. The summed E-state index contributed by atoms with van der Waals surface area (Å²) in [6.07, 6.45) is -4.31. The number of hydrogen-bond donors (Lipinski definition) is 0. The van der Waals surface area contributed by atoms with Crippen molar-refractivity contribution in [2.75, 3.05) is 31.1 Å². The lowest BCUT2D eigenvalue weighted by atomic mass is 10.1. The van der Waals surface area contributed by atoms with Crippen LogP contribution in [0.15, 0.2) is 78.9 Å². The van der Waals surface area contributed by atoms with Gasteiger partial charge in [-0.1, -0.05) is 48.5 Å². The normalized spacial score (nSPS) is 15.1. The van der Waals surface area contributed by atoms with Crippen LogP contribution in [0.25, 0.3) is 0 Å².